The second kappa shape index (κ2) is 4.78. The Kier molecular flexibility index (Phi) is 3.61. The molecule has 0 amide bonds. The van der Waals surface area contributed by atoms with Crippen molar-refractivity contribution < 1.29 is 9.64 Å². The Morgan fingerprint density at radius 1 is 1.17 bits per heavy atom. The van der Waals surface area contributed by atoms with Crippen molar-refractivity contribution in [2.75, 3.05) is 27.2 Å². The molecule has 0 saturated carbocycles. The van der Waals surface area contributed by atoms with Gasteiger partial charge in [-0.1, -0.05) is 18.2 Å². The molecule has 0 aromatic heterocycles. The second-order valence-corrected chi connectivity index (χ2v) is 3.12. The van der Waals surface area contributed by atoms with Crippen LogP contribution in [-0.2, 0) is 0 Å². The Labute approximate surface area is 73.8 Å². The standard InChI is InChI=1S/C10H15NO/c1-11(2)8-9-12-10-6-4-3-5-7-10/h3-7H,8-9H2,1-2H3/p+1. The van der Waals surface area contributed by atoms with Crippen molar-refractivity contribution >= 4 is 0 Å². The molecule has 0 aliphatic rings. The first-order chi connectivity index (χ1) is 5.79. The van der Waals surface area contributed by atoms with Gasteiger partial charge >= 0.3 is 0 Å². The number of hydrogen-bond acceptors (Lipinski definition) is 1. The number of benzene rings is 1. The molecule has 0 bridgehead atoms. The molecule has 0 unspecified atom stereocenters. The van der Waals surface area contributed by atoms with Gasteiger partial charge < -0.3 is 9.64 Å². The van der Waals surface area contributed by atoms with Crippen molar-refractivity contribution in [3.8, 4) is 5.75 Å². The van der Waals surface area contributed by atoms with Crippen molar-refractivity contribution in [1.29, 1.82) is 0 Å². The molecule has 1 aromatic rings. The van der Waals surface area contributed by atoms with E-state index in [1.165, 1.54) is 4.90 Å². The molecule has 12 heavy (non-hydrogen) atoms. The zero-order valence-corrected chi connectivity index (χ0v) is 7.71. The van der Waals surface area contributed by atoms with Gasteiger partial charge in [0.2, 0.25) is 0 Å². The summed E-state index contributed by atoms with van der Waals surface area (Å²) in [7, 11) is 4.24. The van der Waals surface area contributed by atoms with Gasteiger partial charge in [0, 0.05) is 0 Å². The van der Waals surface area contributed by atoms with Gasteiger partial charge in [-0.25, -0.2) is 0 Å². The molecule has 0 saturated heterocycles. The fraction of sp³-hybridized carbons (Fsp3) is 0.400. The summed E-state index contributed by atoms with van der Waals surface area (Å²) in [6.45, 7) is 1.82. The minimum Gasteiger partial charge on any atom is -0.488 e. The normalized spacial score (nSPS) is 10.2. The van der Waals surface area contributed by atoms with E-state index in [0.717, 1.165) is 18.9 Å². The first kappa shape index (κ1) is 9.07. The minimum atomic E-state index is 0.784. The van der Waals surface area contributed by atoms with Gasteiger partial charge in [0.25, 0.3) is 0 Å². The summed E-state index contributed by atoms with van der Waals surface area (Å²) >= 11 is 0. The van der Waals surface area contributed by atoms with E-state index in [1.807, 2.05) is 30.3 Å². The van der Waals surface area contributed by atoms with E-state index in [4.69, 9.17) is 4.74 Å². The van der Waals surface area contributed by atoms with Gasteiger partial charge in [-0.2, -0.15) is 0 Å². The lowest BCUT2D eigenvalue weighted by atomic mass is 10.3. The third-order valence-electron chi connectivity index (χ3n) is 1.61. The van der Waals surface area contributed by atoms with Crippen molar-refractivity contribution in [3.63, 3.8) is 0 Å². The van der Waals surface area contributed by atoms with Crippen LogP contribution in [0, 0.1) is 0 Å². The summed E-state index contributed by atoms with van der Waals surface area (Å²) in [5.41, 5.74) is 0. The molecular weight excluding hydrogens is 150 g/mol. The first-order valence-electron chi connectivity index (χ1n) is 4.26. The third-order valence-corrected chi connectivity index (χ3v) is 1.61. The smallest absolute Gasteiger partial charge is 0.137 e. The van der Waals surface area contributed by atoms with Gasteiger partial charge in [-0.15, -0.1) is 0 Å². The van der Waals surface area contributed by atoms with E-state index in [1.54, 1.807) is 0 Å². The average Bonchev–Trinajstić information content (AvgIpc) is 2.05. The first-order valence-corrected chi connectivity index (χ1v) is 4.26. The van der Waals surface area contributed by atoms with Crippen molar-refractivity contribution in [1.82, 2.24) is 0 Å². The molecule has 2 heteroatoms. The maximum absolute atomic E-state index is 5.50. The molecular formula is C10H16NO+. The Morgan fingerprint density at radius 2 is 1.83 bits per heavy atom. The molecule has 0 aliphatic heterocycles. The van der Waals surface area contributed by atoms with Crippen LogP contribution in [0.25, 0.3) is 0 Å². The number of hydrogen-bond donors (Lipinski definition) is 1. The third kappa shape index (κ3) is 3.39. The quantitative estimate of drug-likeness (QED) is 0.675. The predicted molar refractivity (Wildman–Crippen MR) is 49.6 cm³/mol. The topological polar surface area (TPSA) is 13.7 Å². The Bertz CT molecular complexity index is 208. The lowest BCUT2D eigenvalue weighted by Gasteiger charge is -2.08. The van der Waals surface area contributed by atoms with Gasteiger partial charge in [0.05, 0.1) is 14.1 Å². The van der Waals surface area contributed by atoms with Crippen molar-refractivity contribution in [3.05, 3.63) is 30.3 Å². The van der Waals surface area contributed by atoms with Crippen LogP contribution in [0.3, 0.4) is 0 Å². The average molecular weight is 166 g/mol. The molecule has 1 N–H and O–H groups in total. The number of ether oxygens (including phenoxy) is 1. The van der Waals surface area contributed by atoms with E-state index in [9.17, 15) is 0 Å². The van der Waals surface area contributed by atoms with Crippen LogP contribution >= 0.6 is 0 Å². The second-order valence-electron chi connectivity index (χ2n) is 3.12. The molecule has 1 aromatic carbocycles. The number of likely N-dealkylation sites (N-methyl/N-ethyl adjacent to an activating group) is 1. The van der Waals surface area contributed by atoms with Crippen LogP contribution in [0.1, 0.15) is 0 Å². The van der Waals surface area contributed by atoms with Gasteiger partial charge in [-0.3, -0.25) is 0 Å². The van der Waals surface area contributed by atoms with E-state index >= 15 is 0 Å². The number of quaternary nitrogens is 1. The highest BCUT2D eigenvalue weighted by atomic mass is 16.5. The largest absolute Gasteiger partial charge is 0.488 e. The van der Waals surface area contributed by atoms with Crippen LogP contribution < -0.4 is 9.64 Å². The maximum Gasteiger partial charge on any atom is 0.137 e. The fourth-order valence-electron chi connectivity index (χ4n) is 0.890. The molecule has 66 valence electrons. The van der Waals surface area contributed by atoms with Crippen LogP contribution in [0.2, 0.25) is 0 Å². The van der Waals surface area contributed by atoms with Crippen molar-refractivity contribution in [2.24, 2.45) is 0 Å². The molecule has 2 nitrogen and oxygen atoms in total. The SMILES string of the molecule is C[NH+](C)CCOc1ccccc1. The van der Waals surface area contributed by atoms with E-state index in [0.29, 0.717) is 0 Å². The number of nitrogens with one attached hydrogen (secondary N) is 1. The van der Waals surface area contributed by atoms with Crippen molar-refractivity contribution in [2.45, 2.75) is 0 Å². The van der Waals surface area contributed by atoms with E-state index in [-0.39, 0.29) is 0 Å². The lowest BCUT2D eigenvalue weighted by Crippen LogP contribution is -3.06. The summed E-state index contributed by atoms with van der Waals surface area (Å²) in [6.07, 6.45) is 0. The van der Waals surface area contributed by atoms with Crippen LogP contribution in [-0.4, -0.2) is 27.2 Å². The van der Waals surface area contributed by atoms with Crippen LogP contribution in [0.5, 0.6) is 5.75 Å². The molecule has 0 spiro atoms. The highest BCUT2D eigenvalue weighted by Crippen LogP contribution is 2.06. The molecule has 0 aliphatic carbocycles. The zero-order chi connectivity index (χ0) is 8.81. The molecule has 0 atom stereocenters. The summed E-state index contributed by atoms with van der Waals surface area (Å²) in [6, 6.07) is 9.91. The fourth-order valence-corrected chi connectivity index (χ4v) is 0.890. The highest BCUT2D eigenvalue weighted by Gasteiger charge is 1.94. The van der Waals surface area contributed by atoms with E-state index in [2.05, 4.69) is 14.1 Å². The monoisotopic (exact) mass is 166 g/mol. The Morgan fingerprint density at radius 3 is 2.42 bits per heavy atom. The van der Waals surface area contributed by atoms with E-state index < -0.39 is 0 Å². The number of rotatable bonds is 4. The van der Waals surface area contributed by atoms with Gasteiger partial charge in [-0.05, 0) is 12.1 Å². The number of para-hydroxylation sites is 1. The molecule has 0 heterocycles. The molecule has 0 fully saturated rings. The summed E-state index contributed by atoms with van der Waals surface area (Å²) in [4.78, 5) is 1.41. The molecule has 1 rings (SSSR count). The zero-order valence-electron chi connectivity index (χ0n) is 7.71. The highest BCUT2D eigenvalue weighted by molar-refractivity contribution is 5.20. The van der Waals surface area contributed by atoms with Gasteiger partial charge in [0.1, 0.15) is 18.9 Å². The molecule has 0 radical (unpaired) electrons. The van der Waals surface area contributed by atoms with Crippen LogP contribution in [0.4, 0.5) is 0 Å². The van der Waals surface area contributed by atoms with Crippen LogP contribution in [0.15, 0.2) is 30.3 Å². The Hall–Kier alpha value is -1.02. The maximum atomic E-state index is 5.50. The predicted octanol–water partition coefficient (Wildman–Crippen LogP) is 0.210. The minimum absolute atomic E-state index is 0.784. The summed E-state index contributed by atoms with van der Waals surface area (Å²) < 4.78 is 5.50. The van der Waals surface area contributed by atoms with Gasteiger partial charge in [0.15, 0.2) is 0 Å². The summed E-state index contributed by atoms with van der Waals surface area (Å²) in [5.74, 6) is 0.957. The lowest BCUT2D eigenvalue weighted by molar-refractivity contribution is -0.858. The summed E-state index contributed by atoms with van der Waals surface area (Å²) in [5, 5.41) is 0. The Balaban J connectivity index is 2.25.